The van der Waals surface area contributed by atoms with Crippen LogP contribution in [0.5, 0.6) is 0 Å². The van der Waals surface area contributed by atoms with E-state index in [-0.39, 0.29) is 0 Å². The number of pyridine rings is 1. The normalized spacial score (nSPS) is 12.1. The maximum atomic E-state index is 4.98. The zero-order chi connectivity index (χ0) is 24.3. The number of fused-ring (bicyclic) bond motifs is 1. The van der Waals surface area contributed by atoms with Crippen LogP contribution in [0.4, 0.5) is 5.82 Å². The third-order valence-corrected chi connectivity index (χ3v) is 7.42. The average molecular weight is 636 g/mol. The van der Waals surface area contributed by atoms with E-state index < -0.39 is 5.54 Å². The summed E-state index contributed by atoms with van der Waals surface area (Å²) in [6.07, 6.45) is 2.12. The highest BCUT2D eigenvalue weighted by Gasteiger charge is 2.41. The van der Waals surface area contributed by atoms with Crippen molar-refractivity contribution in [3.63, 3.8) is 0 Å². The van der Waals surface area contributed by atoms with Crippen LogP contribution < -0.4 is 5.32 Å². The lowest BCUT2D eigenvalue weighted by atomic mass is 9.77. The average Bonchev–Trinajstić information content (AvgIpc) is 3.35. The Bertz CT molecular complexity index is 1370. The van der Waals surface area contributed by atoms with E-state index in [1.165, 1.54) is 0 Å². The highest BCUT2D eigenvalue weighted by atomic mass is 127. The molecule has 0 saturated heterocycles. The van der Waals surface area contributed by atoms with Crippen molar-refractivity contribution in [2.24, 2.45) is 0 Å². The van der Waals surface area contributed by atoms with E-state index >= 15 is 0 Å². The van der Waals surface area contributed by atoms with Crippen LogP contribution in [0, 0.1) is 0 Å². The third-order valence-electron chi connectivity index (χ3n) is 6.07. The Labute approximate surface area is 226 Å². The Morgan fingerprint density at radius 2 is 1.43 bits per heavy atom. The second kappa shape index (κ2) is 10.3. The molecule has 0 aliphatic carbocycles. The van der Waals surface area contributed by atoms with Gasteiger partial charge in [-0.2, -0.15) is 0 Å². The molecule has 0 atom stereocenters. The van der Waals surface area contributed by atoms with E-state index in [0.29, 0.717) is 5.65 Å². The molecular weight excluding hydrogens is 613 g/mol. The molecular formula is C28H23BrIN5. The molecule has 5 nitrogen and oxygen atoms in total. The summed E-state index contributed by atoms with van der Waals surface area (Å²) in [5, 5.41) is 13.5. The number of aromatic nitrogens is 4. The standard InChI is InChI=1S/C28H23BrIN5/c1-31-25-19-23(24(30)17-18-29)26-27(32-25)35(34-33-26)28(20-11-5-2-6-12-20,21-13-7-3-8-14-21)22-15-9-4-10-16-22/h2-17,19H,18H2,1H3,(H,31,32)/b24-17-. The van der Waals surface area contributed by atoms with Gasteiger partial charge in [-0.05, 0) is 45.3 Å². The first-order valence-electron chi connectivity index (χ1n) is 11.2. The molecule has 0 radical (unpaired) electrons. The molecule has 0 unspecified atom stereocenters. The summed E-state index contributed by atoms with van der Waals surface area (Å²) in [4.78, 5) is 4.98. The highest BCUT2D eigenvalue weighted by molar-refractivity contribution is 14.1. The predicted octanol–water partition coefficient (Wildman–Crippen LogP) is 6.88. The highest BCUT2D eigenvalue weighted by Crippen LogP contribution is 2.42. The number of nitrogens with zero attached hydrogens (tertiary/aromatic N) is 4. The van der Waals surface area contributed by atoms with Crippen LogP contribution >= 0.6 is 38.5 Å². The SMILES string of the molecule is CNc1cc(/C(I)=C/CBr)c2nnn(C(c3ccccc3)(c3ccccc3)c3ccccc3)c2n1. The fraction of sp³-hybridized carbons (Fsp3) is 0.107. The van der Waals surface area contributed by atoms with Gasteiger partial charge in [0.25, 0.3) is 0 Å². The van der Waals surface area contributed by atoms with Gasteiger partial charge in [0.2, 0.25) is 0 Å². The summed E-state index contributed by atoms with van der Waals surface area (Å²) in [6, 6.07) is 33.4. The largest absolute Gasteiger partial charge is 0.373 e. The molecule has 1 N–H and O–H groups in total. The Kier molecular flexibility index (Phi) is 6.97. The molecule has 35 heavy (non-hydrogen) atoms. The van der Waals surface area contributed by atoms with Crippen LogP contribution in [0.15, 0.2) is 103 Å². The van der Waals surface area contributed by atoms with Crippen molar-refractivity contribution in [2.45, 2.75) is 5.54 Å². The molecule has 5 aromatic rings. The molecule has 174 valence electrons. The summed E-state index contributed by atoms with van der Waals surface area (Å²) >= 11 is 5.87. The Morgan fingerprint density at radius 1 is 0.914 bits per heavy atom. The van der Waals surface area contributed by atoms with Gasteiger partial charge < -0.3 is 5.32 Å². The smallest absolute Gasteiger partial charge is 0.182 e. The topological polar surface area (TPSA) is 55.6 Å². The number of alkyl halides is 1. The number of anilines is 1. The van der Waals surface area contributed by atoms with E-state index in [1.807, 2.05) is 36.0 Å². The molecule has 0 aliphatic rings. The minimum Gasteiger partial charge on any atom is -0.373 e. The number of benzene rings is 3. The number of hydrogen-bond donors (Lipinski definition) is 1. The first-order valence-corrected chi connectivity index (χ1v) is 13.4. The predicted molar refractivity (Wildman–Crippen MR) is 155 cm³/mol. The van der Waals surface area contributed by atoms with Gasteiger partial charge in [-0.15, -0.1) is 5.10 Å². The molecule has 5 rings (SSSR count). The van der Waals surface area contributed by atoms with Gasteiger partial charge in [-0.3, -0.25) is 0 Å². The summed E-state index contributed by atoms with van der Waals surface area (Å²) in [5.74, 6) is 0.760. The number of halogens is 2. The fourth-order valence-corrected chi connectivity index (χ4v) is 6.08. The van der Waals surface area contributed by atoms with Crippen LogP contribution in [0.2, 0.25) is 0 Å². The lowest BCUT2D eigenvalue weighted by Gasteiger charge is -2.36. The second-order valence-corrected chi connectivity index (χ2v) is 9.80. The molecule has 0 bridgehead atoms. The third kappa shape index (κ3) is 4.16. The van der Waals surface area contributed by atoms with Gasteiger partial charge in [0.05, 0.1) is 0 Å². The minimum atomic E-state index is -0.778. The van der Waals surface area contributed by atoms with Gasteiger partial charge in [0, 0.05) is 21.5 Å². The van der Waals surface area contributed by atoms with Crippen molar-refractivity contribution in [3.8, 4) is 0 Å². The van der Waals surface area contributed by atoms with E-state index in [9.17, 15) is 0 Å². The van der Waals surface area contributed by atoms with Crippen molar-refractivity contribution < 1.29 is 0 Å². The molecule has 0 spiro atoms. The van der Waals surface area contributed by atoms with Crippen molar-refractivity contribution in [1.29, 1.82) is 0 Å². The summed E-state index contributed by atoms with van der Waals surface area (Å²) in [6.45, 7) is 0. The Hall–Kier alpha value is -3.04. The minimum absolute atomic E-state index is 0.709. The van der Waals surface area contributed by atoms with Crippen molar-refractivity contribution in [3.05, 3.63) is 125 Å². The number of hydrogen-bond acceptors (Lipinski definition) is 4. The number of allylic oxidation sites excluding steroid dienone is 1. The molecule has 0 saturated carbocycles. The zero-order valence-corrected chi connectivity index (χ0v) is 22.8. The van der Waals surface area contributed by atoms with Crippen molar-refractivity contribution in [1.82, 2.24) is 20.0 Å². The van der Waals surface area contributed by atoms with E-state index in [1.54, 1.807) is 0 Å². The van der Waals surface area contributed by atoms with Crippen molar-refractivity contribution >= 4 is 59.1 Å². The Morgan fingerprint density at radius 3 is 1.89 bits per heavy atom. The van der Waals surface area contributed by atoms with E-state index in [4.69, 9.17) is 15.3 Å². The lowest BCUT2D eigenvalue weighted by Crippen LogP contribution is -2.38. The second-order valence-electron chi connectivity index (χ2n) is 7.99. The lowest BCUT2D eigenvalue weighted by molar-refractivity contribution is 0.458. The molecule has 7 heteroatoms. The number of rotatable bonds is 7. The summed E-state index contributed by atoms with van der Waals surface area (Å²) < 4.78 is 3.06. The zero-order valence-electron chi connectivity index (χ0n) is 19.1. The van der Waals surface area contributed by atoms with Crippen LogP contribution in [0.1, 0.15) is 22.3 Å². The first kappa shape index (κ1) is 23.7. The molecule has 2 aromatic heterocycles. The summed E-state index contributed by atoms with van der Waals surface area (Å²) in [5.41, 5.74) is 4.92. The Balaban J connectivity index is 1.95. The molecule has 0 fully saturated rings. The molecule has 0 amide bonds. The van der Waals surface area contributed by atoms with Gasteiger partial charge >= 0.3 is 0 Å². The van der Waals surface area contributed by atoms with Gasteiger partial charge in [-0.1, -0.05) is 118 Å². The van der Waals surface area contributed by atoms with Crippen LogP contribution in [-0.4, -0.2) is 32.4 Å². The quantitative estimate of drug-likeness (QED) is 0.120. The van der Waals surface area contributed by atoms with Crippen molar-refractivity contribution in [2.75, 3.05) is 17.7 Å². The maximum Gasteiger partial charge on any atom is 0.182 e. The monoisotopic (exact) mass is 635 g/mol. The van der Waals surface area contributed by atoms with Gasteiger partial charge in [0.15, 0.2) is 5.65 Å². The van der Waals surface area contributed by atoms with Crippen LogP contribution in [0.3, 0.4) is 0 Å². The number of nitrogens with one attached hydrogen (secondary N) is 1. The van der Waals surface area contributed by atoms with Crippen LogP contribution in [0.25, 0.3) is 14.7 Å². The fourth-order valence-electron chi connectivity index (χ4n) is 4.52. The molecule has 0 aliphatic heterocycles. The van der Waals surface area contributed by atoms with Gasteiger partial charge in [0.1, 0.15) is 16.9 Å². The maximum absolute atomic E-state index is 4.98. The first-order chi connectivity index (χ1) is 17.2. The summed E-state index contributed by atoms with van der Waals surface area (Å²) in [7, 11) is 1.88. The van der Waals surface area contributed by atoms with Crippen LogP contribution in [-0.2, 0) is 5.54 Å². The van der Waals surface area contributed by atoms with Gasteiger partial charge in [-0.25, -0.2) is 9.67 Å². The van der Waals surface area contributed by atoms with E-state index in [0.717, 1.165) is 42.5 Å². The van der Waals surface area contributed by atoms with E-state index in [2.05, 4.69) is 123 Å². The molecule has 2 heterocycles. The molecule has 3 aromatic carbocycles.